The minimum atomic E-state index is 0. The van der Waals surface area contributed by atoms with E-state index >= 15 is 0 Å². The van der Waals surface area contributed by atoms with Crippen LogP contribution in [-0.4, -0.2) is 4.57 Å². The molecule has 0 spiro atoms. The SMILES string of the molecule is CC1=[C-]CC=C1C.Cc1ccc(C)c2[cH-]c(-n3cccc3)cc12.[Cl-].[Cl-].[Ti+4]. The molecule has 0 saturated carbocycles. The summed E-state index contributed by atoms with van der Waals surface area (Å²) < 4.78 is 2.15. The van der Waals surface area contributed by atoms with Gasteiger partial charge in [0.15, 0.2) is 0 Å². The number of halogens is 2. The van der Waals surface area contributed by atoms with Gasteiger partial charge in [-0.1, -0.05) is 25.5 Å². The Morgan fingerprint density at radius 2 is 1.58 bits per heavy atom. The van der Waals surface area contributed by atoms with Crippen LogP contribution in [0.1, 0.15) is 31.4 Å². The molecule has 0 amide bonds. The first-order valence-electron chi connectivity index (χ1n) is 8.11. The van der Waals surface area contributed by atoms with Crippen molar-refractivity contribution >= 4 is 10.8 Å². The molecule has 0 saturated heterocycles. The van der Waals surface area contributed by atoms with Gasteiger partial charge in [0.05, 0.1) is 0 Å². The third kappa shape index (κ3) is 5.44. The molecular weight excluding hydrogens is 397 g/mol. The molecule has 4 heteroatoms. The minimum absolute atomic E-state index is 0. The molecule has 0 aliphatic heterocycles. The van der Waals surface area contributed by atoms with Crippen molar-refractivity contribution in [3.63, 3.8) is 0 Å². The first-order chi connectivity index (χ1) is 11.1. The number of hydrogen-bond donors (Lipinski definition) is 0. The first kappa shape index (κ1) is 24.9. The largest absolute Gasteiger partial charge is 4.00 e. The molecule has 0 fully saturated rings. The van der Waals surface area contributed by atoms with Crippen LogP contribution in [0, 0.1) is 19.9 Å². The molecule has 1 aromatic heterocycles. The van der Waals surface area contributed by atoms with Gasteiger partial charge in [-0.3, -0.25) is 6.08 Å². The Bertz CT molecular complexity index is 831. The number of aryl methyl sites for hydroxylation is 2. The van der Waals surface area contributed by atoms with Crippen LogP contribution in [0.3, 0.4) is 0 Å². The van der Waals surface area contributed by atoms with Gasteiger partial charge in [0, 0.05) is 12.4 Å². The predicted molar refractivity (Wildman–Crippen MR) is 99.1 cm³/mol. The zero-order chi connectivity index (χ0) is 16.4. The Kier molecular flexibility index (Phi) is 10.4. The smallest absolute Gasteiger partial charge is 1.00 e. The van der Waals surface area contributed by atoms with Crippen molar-refractivity contribution in [1.29, 1.82) is 0 Å². The van der Waals surface area contributed by atoms with Crippen LogP contribution in [-0.2, 0) is 21.7 Å². The van der Waals surface area contributed by atoms with E-state index in [9.17, 15) is 0 Å². The fourth-order valence-corrected chi connectivity index (χ4v) is 2.88. The monoisotopic (exact) mass is 419 g/mol. The summed E-state index contributed by atoms with van der Waals surface area (Å²) in [4.78, 5) is 0. The van der Waals surface area contributed by atoms with Gasteiger partial charge in [-0.2, -0.15) is 6.08 Å². The maximum Gasteiger partial charge on any atom is 4.00 e. The van der Waals surface area contributed by atoms with Crippen LogP contribution < -0.4 is 24.8 Å². The van der Waals surface area contributed by atoms with E-state index in [0.717, 1.165) is 6.42 Å². The van der Waals surface area contributed by atoms with Crippen LogP contribution in [0.5, 0.6) is 0 Å². The molecule has 3 aromatic rings. The van der Waals surface area contributed by atoms with Crippen molar-refractivity contribution in [2.75, 3.05) is 0 Å². The molecule has 1 heterocycles. The molecule has 134 valence electrons. The second-order valence-electron chi connectivity index (χ2n) is 6.22. The van der Waals surface area contributed by atoms with Crippen molar-refractivity contribution in [3.05, 3.63) is 83.2 Å². The van der Waals surface area contributed by atoms with E-state index in [0.29, 0.717) is 0 Å². The van der Waals surface area contributed by atoms with Crippen molar-refractivity contribution in [3.8, 4) is 5.69 Å². The Morgan fingerprint density at radius 3 is 2.04 bits per heavy atom. The fourth-order valence-electron chi connectivity index (χ4n) is 2.88. The normalized spacial score (nSPS) is 12.0. The van der Waals surface area contributed by atoms with Crippen molar-refractivity contribution in [2.45, 2.75) is 34.1 Å². The van der Waals surface area contributed by atoms with Gasteiger partial charge in [-0.25, -0.2) is 11.1 Å². The number of rotatable bonds is 1. The number of aromatic nitrogens is 1. The quantitative estimate of drug-likeness (QED) is 0.388. The zero-order valence-electron chi connectivity index (χ0n) is 15.6. The molecular formula is C22H23Cl2NTi. The van der Waals surface area contributed by atoms with Gasteiger partial charge in [-0.15, -0.1) is 47.9 Å². The summed E-state index contributed by atoms with van der Waals surface area (Å²) in [5.74, 6) is 0. The van der Waals surface area contributed by atoms with E-state index in [2.05, 4.69) is 93.2 Å². The van der Waals surface area contributed by atoms with Crippen molar-refractivity contribution < 1.29 is 46.5 Å². The minimum Gasteiger partial charge on any atom is -1.00 e. The van der Waals surface area contributed by atoms with Gasteiger partial charge in [-0.05, 0) is 24.7 Å². The third-order valence-corrected chi connectivity index (χ3v) is 4.58. The molecule has 0 bridgehead atoms. The molecule has 0 N–H and O–H groups in total. The zero-order valence-corrected chi connectivity index (χ0v) is 18.7. The summed E-state index contributed by atoms with van der Waals surface area (Å²) in [5.41, 5.74) is 6.65. The molecule has 2 aromatic carbocycles. The number of hydrogen-bond acceptors (Lipinski definition) is 0. The van der Waals surface area contributed by atoms with Crippen molar-refractivity contribution in [1.82, 2.24) is 4.57 Å². The topological polar surface area (TPSA) is 4.93 Å². The van der Waals surface area contributed by atoms with Gasteiger partial charge in [0.2, 0.25) is 0 Å². The first-order valence-corrected chi connectivity index (χ1v) is 8.11. The van der Waals surface area contributed by atoms with Crippen molar-refractivity contribution in [2.24, 2.45) is 0 Å². The second-order valence-corrected chi connectivity index (χ2v) is 6.22. The van der Waals surface area contributed by atoms with E-state index in [4.69, 9.17) is 0 Å². The summed E-state index contributed by atoms with van der Waals surface area (Å²) in [6.07, 6.45) is 10.6. The van der Waals surface area contributed by atoms with Gasteiger partial charge in [0.25, 0.3) is 0 Å². The average Bonchev–Trinajstić information content (AvgIpc) is 3.25. The molecule has 4 rings (SSSR count). The predicted octanol–water partition coefficient (Wildman–Crippen LogP) is 0.0576. The number of benzene rings is 1. The Morgan fingerprint density at radius 1 is 0.962 bits per heavy atom. The molecule has 1 aliphatic carbocycles. The Hall–Kier alpha value is -1.12. The maximum atomic E-state index is 3.19. The maximum absolute atomic E-state index is 3.19. The Balaban J connectivity index is 0.000000542. The molecule has 0 unspecified atom stereocenters. The van der Waals surface area contributed by atoms with Gasteiger partial charge < -0.3 is 29.4 Å². The molecule has 0 radical (unpaired) electrons. The average molecular weight is 420 g/mol. The summed E-state index contributed by atoms with van der Waals surface area (Å²) >= 11 is 0. The van der Waals surface area contributed by atoms with Crippen LogP contribution in [0.15, 0.2) is 66.0 Å². The van der Waals surface area contributed by atoms with E-state index < -0.39 is 0 Å². The molecule has 1 nitrogen and oxygen atoms in total. The van der Waals surface area contributed by atoms with Crippen LogP contribution >= 0.6 is 0 Å². The van der Waals surface area contributed by atoms with E-state index in [1.54, 1.807) is 0 Å². The summed E-state index contributed by atoms with van der Waals surface area (Å²) in [6, 6.07) is 13.0. The molecule has 1 aliphatic rings. The van der Waals surface area contributed by atoms with Crippen LogP contribution in [0.25, 0.3) is 16.5 Å². The third-order valence-electron chi connectivity index (χ3n) is 4.58. The summed E-state index contributed by atoms with van der Waals surface area (Å²) in [5, 5.41) is 2.73. The van der Waals surface area contributed by atoms with Crippen LogP contribution in [0.2, 0.25) is 0 Å². The number of nitrogens with zero attached hydrogens (tertiary/aromatic N) is 1. The number of allylic oxidation sites excluding steroid dienone is 4. The van der Waals surface area contributed by atoms with Gasteiger partial charge in [0.1, 0.15) is 0 Å². The molecule has 0 atom stereocenters. The molecule has 26 heavy (non-hydrogen) atoms. The van der Waals surface area contributed by atoms with Gasteiger partial charge >= 0.3 is 21.7 Å². The second kappa shape index (κ2) is 10.9. The Labute approximate surface area is 184 Å². The van der Waals surface area contributed by atoms with E-state index in [-0.39, 0.29) is 46.5 Å². The summed E-state index contributed by atoms with van der Waals surface area (Å²) in [6.45, 7) is 8.55. The summed E-state index contributed by atoms with van der Waals surface area (Å²) in [7, 11) is 0. The standard InChI is InChI=1S/C15H14N.C7H9.2ClH.Ti/c1-11-5-6-12(2)15-10-13(9-14(11)15)16-7-3-4-8-16;1-6-4-3-5-7(6)2;;;/h3-10H,1-2H3;4H,3H2,1-2H3;2*1H;/q2*-1;;;+4/p-2. The van der Waals surface area contributed by atoms with E-state index in [1.165, 1.54) is 38.7 Å². The number of fused-ring (bicyclic) bond motifs is 1. The van der Waals surface area contributed by atoms with E-state index in [1.807, 2.05) is 0 Å². The van der Waals surface area contributed by atoms with Crippen LogP contribution in [0.4, 0.5) is 0 Å². The fraction of sp³-hybridized carbons (Fsp3) is 0.227.